The number of methoxy groups -OCH3 is 1. The predicted molar refractivity (Wildman–Crippen MR) is 86.6 cm³/mol. The molecule has 22 heavy (non-hydrogen) atoms. The molecule has 1 aliphatic rings. The zero-order valence-corrected chi connectivity index (χ0v) is 13.1. The minimum Gasteiger partial charge on any atom is -0.497 e. The number of aromatic nitrogens is 2. The number of carbonyl (C=O) groups excluding carboxylic acids is 1. The highest BCUT2D eigenvalue weighted by Gasteiger charge is 2.21. The molecule has 6 nitrogen and oxygen atoms in total. The van der Waals surface area contributed by atoms with Crippen molar-refractivity contribution in [3.8, 4) is 17.0 Å². The van der Waals surface area contributed by atoms with Gasteiger partial charge in [-0.1, -0.05) is 0 Å². The number of carbonyl (C=O) groups is 1. The maximum Gasteiger partial charge on any atom is 0.255 e. The first-order valence-electron chi connectivity index (χ1n) is 6.97. The molecule has 0 radical (unpaired) electrons. The van der Waals surface area contributed by atoms with Gasteiger partial charge in [0.2, 0.25) is 0 Å². The number of H-pyrrole nitrogens is 1. The smallest absolute Gasteiger partial charge is 0.255 e. The summed E-state index contributed by atoms with van der Waals surface area (Å²) in [6, 6.07) is 7.72. The van der Waals surface area contributed by atoms with Crippen LogP contribution in [0.2, 0.25) is 0 Å². The van der Waals surface area contributed by atoms with Gasteiger partial charge < -0.3 is 15.4 Å². The van der Waals surface area contributed by atoms with Gasteiger partial charge >= 0.3 is 0 Å². The van der Waals surface area contributed by atoms with E-state index in [1.807, 2.05) is 24.3 Å². The normalized spacial score (nSPS) is 16.9. The Bertz CT molecular complexity index is 621. The summed E-state index contributed by atoms with van der Waals surface area (Å²) in [6.07, 6.45) is 2.53. The Morgan fingerprint density at radius 1 is 1.36 bits per heavy atom. The molecule has 1 saturated heterocycles. The van der Waals surface area contributed by atoms with Crippen LogP contribution in [0.25, 0.3) is 11.3 Å². The van der Waals surface area contributed by atoms with Crippen LogP contribution in [0.3, 0.4) is 0 Å². The van der Waals surface area contributed by atoms with Gasteiger partial charge in [0, 0.05) is 18.2 Å². The van der Waals surface area contributed by atoms with E-state index in [2.05, 4.69) is 20.8 Å². The van der Waals surface area contributed by atoms with Crippen molar-refractivity contribution in [1.29, 1.82) is 0 Å². The highest BCUT2D eigenvalue weighted by atomic mass is 35.5. The predicted octanol–water partition coefficient (Wildman–Crippen LogP) is 1.60. The molecule has 2 heterocycles. The third kappa shape index (κ3) is 3.40. The number of rotatable bonds is 4. The van der Waals surface area contributed by atoms with Crippen LogP contribution < -0.4 is 15.4 Å². The van der Waals surface area contributed by atoms with E-state index in [1.165, 1.54) is 0 Å². The zero-order valence-electron chi connectivity index (χ0n) is 12.3. The van der Waals surface area contributed by atoms with E-state index in [0.29, 0.717) is 5.56 Å². The monoisotopic (exact) mass is 322 g/mol. The van der Waals surface area contributed by atoms with Crippen molar-refractivity contribution in [3.63, 3.8) is 0 Å². The van der Waals surface area contributed by atoms with Gasteiger partial charge in [-0.05, 0) is 37.2 Å². The highest BCUT2D eigenvalue weighted by molar-refractivity contribution is 5.99. The summed E-state index contributed by atoms with van der Waals surface area (Å²) in [5.74, 6) is 0.685. The fraction of sp³-hybridized carbons (Fsp3) is 0.333. The number of aromatic amines is 1. The summed E-state index contributed by atoms with van der Waals surface area (Å²) in [7, 11) is 1.62. The van der Waals surface area contributed by atoms with Crippen LogP contribution in [0, 0.1) is 0 Å². The van der Waals surface area contributed by atoms with Gasteiger partial charge in [0.1, 0.15) is 5.75 Å². The number of nitrogens with one attached hydrogen (secondary N) is 3. The average Bonchev–Trinajstić information content (AvgIpc) is 3.18. The molecule has 0 spiro atoms. The number of hydrogen-bond acceptors (Lipinski definition) is 4. The number of hydrogen-bond donors (Lipinski definition) is 3. The van der Waals surface area contributed by atoms with Crippen molar-refractivity contribution >= 4 is 18.3 Å². The lowest BCUT2D eigenvalue weighted by atomic mass is 10.1. The number of nitrogens with zero attached hydrogens (tertiary/aromatic N) is 1. The van der Waals surface area contributed by atoms with Crippen LogP contribution in [0.15, 0.2) is 30.5 Å². The van der Waals surface area contributed by atoms with E-state index < -0.39 is 0 Å². The summed E-state index contributed by atoms with van der Waals surface area (Å²) >= 11 is 0. The van der Waals surface area contributed by atoms with Crippen molar-refractivity contribution in [1.82, 2.24) is 20.8 Å². The Balaban J connectivity index is 0.00000176. The molecule has 0 saturated carbocycles. The lowest BCUT2D eigenvalue weighted by Gasteiger charge is -2.11. The van der Waals surface area contributed by atoms with Crippen molar-refractivity contribution < 1.29 is 9.53 Å². The number of ether oxygens (including phenoxy) is 1. The standard InChI is InChI=1S/C15H18N4O2.ClH/c1-21-12-4-2-10(3-5-12)14-13(9-17-19-14)15(20)18-11-6-7-16-8-11;/h2-5,9,11,16H,6-8H2,1H3,(H,17,19)(H,18,20);1H. The van der Waals surface area contributed by atoms with Gasteiger partial charge in [-0.25, -0.2) is 0 Å². The fourth-order valence-electron chi connectivity index (χ4n) is 2.48. The molecule has 0 aliphatic carbocycles. The first kappa shape index (κ1) is 16.3. The minimum atomic E-state index is -0.0942. The van der Waals surface area contributed by atoms with E-state index in [9.17, 15) is 4.79 Å². The molecule has 1 atom stereocenters. The Morgan fingerprint density at radius 2 is 2.14 bits per heavy atom. The maximum absolute atomic E-state index is 12.4. The molecule has 118 valence electrons. The topological polar surface area (TPSA) is 79.0 Å². The van der Waals surface area contributed by atoms with Gasteiger partial charge in [0.25, 0.3) is 5.91 Å². The van der Waals surface area contributed by atoms with E-state index >= 15 is 0 Å². The first-order chi connectivity index (χ1) is 10.3. The largest absolute Gasteiger partial charge is 0.497 e. The SMILES string of the molecule is COc1ccc(-c2[nH]ncc2C(=O)NC2CCNC2)cc1.Cl. The average molecular weight is 323 g/mol. The summed E-state index contributed by atoms with van der Waals surface area (Å²) in [6.45, 7) is 1.77. The maximum atomic E-state index is 12.4. The molecule has 7 heteroatoms. The van der Waals surface area contributed by atoms with Gasteiger partial charge in [0.05, 0.1) is 24.6 Å². The van der Waals surface area contributed by atoms with Crippen molar-refractivity contribution in [2.75, 3.05) is 20.2 Å². The van der Waals surface area contributed by atoms with Crippen molar-refractivity contribution in [2.24, 2.45) is 0 Å². The van der Waals surface area contributed by atoms with Gasteiger partial charge in [-0.15, -0.1) is 12.4 Å². The van der Waals surface area contributed by atoms with Crippen LogP contribution in [-0.4, -0.2) is 42.3 Å². The molecule has 1 aromatic carbocycles. The Hall–Kier alpha value is -2.05. The Morgan fingerprint density at radius 3 is 2.77 bits per heavy atom. The highest BCUT2D eigenvalue weighted by Crippen LogP contribution is 2.23. The van der Waals surface area contributed by atoms with E-state index in [1.54, 1.807) is 13.3 Å². The first-order valence-corrected chi connectivity index (χ1v) is 6.97. The summed E-state index contributed by atoms with van der Waals surface area (Å²) < 4.78 is 5.14. The number of halogens is 1. The number of amides is 1. The molecule has 3 rings (SSSR count). The second-order valence-corrected chi connectivity index (χ2v) is 5.05. The quantitative estimate of drug-likeness (QED) is 0.799. The van der Waals surface area contributed by atoms with Crippen LogP contribution in [-0.2, 0) is 0 Å². The molecular formula is C15H19ClN4O2. The fourth-order valence-corrected chi connectivity index (χ4v) is 2.48. The van der Waals surface area contributed by atoms with Crippen LogP contribution in [0.1, 0.15) is 16.8 Å². The molecule has 1 aromatic heterocycles. The van der Waals surface area contributed by atoms with Crippen molar-refractivity contribution in [2.45, 2.75) is 12.5 Å². The van der Waals surface area contributed by atoms with Crippen LogP contribution in [0.4, 0.5) is 0 Å². The minimum absolute atomic E-state index is 0. The molecule has 3 N–H and O–H groups in total. The molecule has 1 fully saturated rings. The van der Waals surface area contributed by atoms with E-state index in [-0.39, 0.29) is 24.4 Å². The molecular weight excluding hydrogens is 304 g/mol. The Labute approximate surface area is 135 Å². The Kier molecular flexibility index (Phi) is 5.41. The molecule has 2 aromatic rings. The van der Waals surface area contributed by atoms with Crippen LogP contribution >= 0.6 is 12.4 Å². The molecule has 1 unspecified atom stereocenters. The van der Waals surface area contributed by atoms with Crippen molar-refractivity contribution in [3.05, 3.63) is 36.0 Å². The molecule has 0 bridgehead atoms. The van der Waals surface area contributed by atoms with Crippen LogP contribution in [0.5, 0.6) is 5.75 Å². The summed E-state index contributed by atoms with van der Waals surface area (Å²) in [4.78, 5) is 12.4. The summed E-state index contributed by atoms with van der Waals surface area (Å²) in [5, 5.41) is 13.2. The third-order valence-corrected chi connectivity index (χ3v) is 3.66. The van der Waals surface area contributed by atoms with Gasteiger partial charge in [0.15, 0.2) is 0 Å². The second kappa shape index (κ2) is 7.29. The molecule has 1 aliphatic heterocycles. The van der Waals surface area contributed by atoms with E-state index in [4.69, 9.17) is 4.74 Å². The summed E-state index contributed by atoms with van der Waals surface area (Å²) in [5.41, 5.74) is 2.19. The van der Waals surface area contributed by atoms with Gasteiger partial charge in [-0.2, -0.15) is 5.10 Å². The number of benzene rings is 1. The lowest BCUT2D eigenvalue weighted by Crippen LogP contribution is -2.36. The lowest BCUT2D eigenvalue weighted by molar-refractivity contribution is 0.0941. The third-order valence-electron chi connectivity index (χ3n) is 3.66. The second-order valence-electron chi connectivity index (χ2n) is 5.05. The van der Waals surface area contributed by atoms with E-state index in [0.717, 1.165) is 36.5 Å². The molecule has 1 amide bonds. The van der Waals surface area contributed by atoms with Gasteiger partial charge in [-0.3, -0.25) is 9.89 Å². The zero-order chi connectivity index (χ0) is 14.7.